The average Bonchev–Trinajstić information content (AvgIpc) is 3.56. The number of fused-ring (bicyclic) bond motifs is 3. The summed E-state index contributed by atoms with van der Waals surface area (Å²) in [6, 6.07) is 102. The van der Waals surface area contributed by atoms with Crippen molar-refractivity contribution in [3.63, 3.8) is 0 Å². The molecule has 4 nitrogen and oxygen atoms in total. The molecule has 12 aromatic rings. The van der Waals surface area contributed by atoms with Crippen LogP contribution in [0.25, 0.3) is 60.1 Å². The number of para-hydroxylation sites is 2. The van der Waals surface area contributed by atoms with Gasteiger partial charge in [0.15, 0.2) is 0 Å². The highest BCUT2D eigenvalue weighted by Gasteiger charge is 2.20. The van der Waals surface area contributed by atoms with Gasteiger partial charge in [-0.05, 0) is 201 Å². The molecule has 12 aromatic carbocycles. The van der Waals surface area contributed by atoms with Crippen molar-refractivity contribution < 1.29 is 0 Å². The van der Waals surface area contributed by atoms with Crippen LogP contribution in [0.3, 0.4) is 0 Å². The van der Waals surface area contributed by atoms with Crippen molar-refractivity contribution in [2.45, 2.75) is 20.8 Å². The number of nitrogens with zero attached hydrogens (tertiary/aromatic N) is 2. The lowest BCUT2D eigenvalue weighted by Gasteiger charge is -2.29. The number of hydrogen-bond donors (Lipinski definition) is 2. The number of hydrogen-bond acceptors (Lipinski definition) is 4. The molecule has 0 aliphatic carbocycles. The Balaban J connectivity index is 0.947. The molecule has 0 unspecified atom stereocenters. The zero-order valence-corrected chi connectivity index (χ0v) is 45.8. The van der Waals surface area contributed by atoms with Gasteiger partial charge in [0, 0.05) is 56.9 Å². The van der Waals surface area contributed by atoms with Gasteiger partial charge in [0.1, 0.15) is 0 Å². The Kier molecular flexibility index (Phi) is 15.0. The van der Waals surface area contributed by atoms with Gasteiger partial charge >= 0.3 is 0 Å². The Hall–Kier alpha value is -10.4. The molecule has 81 heavy (non-hydrogen) atoms. The van der Waals surface area contributed by atoms with Gasteiger partial charge in [0.2, 0.25) is 0 Å². The van der Waals surface area contributed by atoms with Gasteiger partial charge in [0.05, 0.1) is 0 Å². The van der Waals surface area contributed by atoms with Gasteiger partial charge in [0.25, 0.3) is 0 Å². The van der Waals surface area contributed by atoms with Crippen LogP contribution in [0.1, 0.15) is 26.3 Å². The largest absolute Gasteiger partial charge is 0.356 e. The molecule has 12 rings (SSSR count). The first-order valence-corrected chi connectivity index (χ1v) is 27.8. The van der Waals surface area contributed by atoms with E-state index in [1.165, 1.54) is 32.3 Å². The molecule has 0 bridgehead atoms. The number of benzene rings is 12. The van der Waals surface area contributed by atoms with E-state index in [4.69, 9.17) is 0 Å². The van der Waals surface area contributed by atoms with Crippen LogP contribution < -0.4 is 20.4 Å². The second-order valence-corrected chi connectivity index (χ2v) is 20.3. The van der Waals surface area contributed by atoms with Crippen LogP contribution >= 0.6 is 0 Å². The summed E-state index contributed by atoms with van der Waals surface area (Å²) in [7, 11) is 0. The molecule has 4 heteroatoms. The molecule has 0 saturated heterocycles. The van der Waals surface area contributed by atoms with E-state index in [2.05, 4.69) is 314 Å². The summed E-state index contributed by atoms with van der Waals surface area (Å²) in [6.07, 6.45) is 9.22. The van der Waals surface area contributed by atoms with Crippen molar-refractivity contribution >= 4 is 83.4 Å². The highest BCUT2D eigenvalue weighted by molar-refractivity contribution is 5.99. The molecular weight excluding hydrogens is 981 g/mol. The Bertz CT molecular complexity index is 4260. The fourth-order valence-electron chi connectivity index (χ4n) is 10.9. The van der Waals surface area contributed by atoms with E-state index < -0.39 is 0 Å². The molecule has 0 atom stereocenters. The molecule has 0 spiro atoms. The summed E-state index contributed by atoms with van der Waals surface area (Å²) in [4.78, 5) is 4.79. The Morgan fingerprint density at radius 1 is 0.309 bits per heavy atom. The van der Waals surface area contributed by atoms with E-state index in [1.807, 2.05) is 36.4 Å². The summed E-state index contributed by atoms with van der Waals surface area (Å²) in [5.41, 5.74) is 18.6. The van der Waals surface area contributed by atoms with Crippen molar-refractivity contribution in [3.8, 4) is 22.3 Å². The minimum absolute atomic E-state index is 1.04. The second kappa shape index (κ2) is 23.7. The maximum atomic E-state index is 3.52. The van der Waals surface area contributed by atoms with Gasteiger partial charge < -0.3 is 20.4 Å². The first kappa shape index (κ1) is 51.3. The quantitative estimate of drug-likeness (QED) is 0.0944. The number of rotatable bonds is 16. The third-order valence-corrected chi connectivity index (χ3v) is 15.1. The Morgan fingerprint density at radius 2 is 0.667 bits per heavy atom. The Morgan fingerprint density at radius 3 is 1.12 bits per heavy atom. The summed E-state index contributed by atoms with van der Waals surface area (Å²) in [5.74, 6) is 0. The summed E-state index contributed by atoms with van der Waals surface area (Å²) in [6.45, 7) is 6.56. The molecule has 0 aromatic heterocycles. The summed E-state index contributed by atoms with van der Waals surface area (Å²) in [5, 5.41) is 14.2. The van der Waals surface area contributed by atoms with Crippen LogP contribution in [0.5, 0.6) is 0 Å². The predicted molar refractivity (Wildman–Crippen MR) is 349 cm³/mol. The fraction of sp³-hybridized carbons (Fsp3) is 0.0390. The predicted octanol–water partition coefficient (Wildman–Crippen LogP) is 21.8. The second-order valence-electron chi connectivity index (χ2n) is 20.3. The highest BCUT2D eigenvalue weighted by Crippen LogP contribution is 2.41. The smallest absolute Gasteiger partial charge is 0.0467 e. The maximum absolute atomic E-state index is 3.52. The fourth-order valence-corrected chi connectivity index (χ4v) is 10.9. The standard InChI is InChI=1S/C77H62N4/c1-4-69(80(73-49-39-56-19-12-14-22-63(56)52-73)71-45-35-60(36-46-71)58-31-41-67(42-32-58)78-65-25-8-6-9-26-65)51-55(3)77(76-30-18-24-62-21-16-17-29-75(62)76)54-70(5-2)81(74-50-40-57-20-13-15-23-64(57)53-74)72-47-37-61(38-48-72)59-33-43-68(44-34-59)79-66-27-10-7-11-28-66/h4-54,78-79H,1-3H3. The molecule has 0 aliphatic rings. The first-order chi connectivity index (χ1) is 39.9. The molecule has 0 fully saturated rings. The van der Waals surface area contributed by atoms with E-state index >= 15 is 0 Å². The van der Waals surface area contributed by atoms with Crippen molar-refractivity contribution in [1.29, 1.82) is 0 Å². The van der Waals surface area contributed by atoms with Crippen LogP contribution in [0, 0.1) is 0 Å². The third-order valence-electron chi connectivity index (χ3n) is 15.1. The lowest BCUT2D eigenvalue weighted by molar-refractivity contribution is 1.19. The summed E-state index contributed by atoms with van der Waals surface area (Å²) >= 11 is 0. The normalized spacial score (nSPS) is 12.2. The maximum Gasteiger partial charge on any atom is 0.0467 e. The van der Waals surface area contributed by atoms with Crippen molar-refractivity contribution in [1.82, 2.24) is 0 Å². The lowest BCUT2D eigenvalue weighted by Crippen LogP contribution is -2.16. The number of nitrogens with one attached hydrogen (secondary N) is 2. The minimum atomic E-state index is 1.04. The van der Waals surface area contributed by atoms with E-state index in [-0.39, 0.29) is 0 Å². The SMILES string of the molecule is CC=C(C=C(C)C(=CC(=CC)N(c1ccc(-c2ccc(Nc3ccccc3)cc2)cc1)c1ccc2ccccc2c1)c1cccc2ccccc12)N(c1ccc(-c2ccc(Nc3ccccc3)cc2)cc1)c1ccc2ccccc2c1. The topological polar surface area (TPSA) is 30.5 Å². The Labute approximate surface area is 476 Å². The number of allylic oxidation sites excluding steroid dienone is 6. The zero-order chi connectivity index (χ0) is 54.9. The van der Waals surface area contributed by atoms with Crippen LogP contribution in [-0.4, -0.2) is 0 Å². The monoisotopic (exact) mass is 1040 g/mol. The highest BCUT2D eigenvalue weighted by atomic mass is 15.2. The molecular formula is C77H62N4. The zero-order valence-electron chi connectivity index (χ0n) is 45.8. The molecule has 2 N–H and O–H groups in total. The molecule has 0 radical (unpaired) electrons. The first-order valence-electron chi connectivity index (χ1n) is 27.8. The summed E-state index contributed by atoms with van der Waals surface area (Å²) < 4.78 is 0. The average molecular weight is 1040 g/mol. The number of anilines is 8. The van der Waals surface area contributed by atoms with Crippen LogP contribution in [0.2, 0.25) is 0 Å². The molecule has 0 saturated carbocycles. The van der Waals surface area contributed by atoms with Gasteiger partial charge in [-0.25, -0.2) is 0 Å². The lowest BCUT2D eigenvalue weighted by atomic mass is 9.92. The van der Waals surface area contributed by atoms with E-state index in [0.717, 1.165) is 95.9 Å². The molecule has 0 heterocycles. The van der Waals surface area contributed by atoms with Gasteiger partial charge in [-0.2, -0.15) is 0 Å². The van der Waals surface area contributed by atoms with Gasteiger partial charge in [-0.3, -0.25) is 0 Å². The molecule has 0 amide bonds. The third kappa shape index (κ3) is 11.5. The van der Waals surface area contributed by atoms with Crippen molar-refractivity contribution in [2.24, 2.45) is 0 Å². The van der Waals surface area contributed by atoms with Crippen LogP contribution in [0.4, 0.5) is 45.5 Å². The van der Waals surface area contributed by atoms with Gasteiger partial charge in [-0.1, -0.05) is 200 Å². The molecule has 390 valence electrons. The van der Waals surface area contributed by atoms with Crippen molar-refractivity contribution in [3.05, 3.63) is 332 Å². The molecule has 0 aliphatic heterocycles. The van der Waals surface area contributed by atoms with E-state index in [9.17, 15) is 0 Å². The van der Waals surface area contributed by atoms with Crippen LogP contribution in [-0.2, 0) is 0 Å². The van der Waals surface area contributed by atoms with Crippen molar-refractivity contribution in [2.75, 3.05) is 20.4 Å². The van der Waals surface area contributed by atoms with Crippen LogP contribution in [0.15, 0.2) is 326 Å². The minimum Gasteiger partial charge on any atom is -0.356 e. The van der Waals surface area contributed by atoms with Gasteiger partial charge in [-0.15, -0.1) is 0 Å². The van der Waals surface area contributed by atoms with E-state index in [0.29, 0.717) is 0 Å². The van der Waals surface area contributed by atoms with E-state index in [1.54, 1.807) is 0 Å².